The van der Waals surface area contributed by atoms with Crippen LogP contribution in [0.5, 0.6) is 0 Å². The quantitative estimate of drug-likeness (QED) is 0.862. The van der Waals surface area contributed by atoms with Crippen LogP contribution in [-0.4, -0.2) is 34.5 Å². The number of hydrogen-bond donors (Lipinski definition) is 0. The number of aromatic nitrogens is 1. The predicted octanol–water partition coefficient (Wildman–Crippen LogP) is 3.45. The lowest BCUT2D eigenvalue weighted by atomic mass is 9.98. The summed E-state index contributed by atoms with van der Waals surface area (Å²) in [6.07, 6.45) is 1.14. The van der Waals surface area contributed by atoms with Crippen molar-refractivity contribution in [2.45, 2.75) is 44.9 Å². The third-order valence-corrected chi connectivity index (χ3v) is 5.00. The van der Waals surface area contributed by atoms with Gasteiger partial charge in [-0.3, -0.25) is 4.79 Å². The van der Waals surface area contributed by atoms with Gasteiger partial charge >= 0.3 is 0 Å². The number of thiazole rings is 1. The Morgan fingerprint density at radius 3 is 2.83 bits per heavy atom. The van der Waals surface area contributed by atoms with Gasteiger partial charge < -0.3 is 9.64 Å². The van der Waals surface area contributed by atoms with Gasteiger partial charge in [-0.25, -0.2) is 4.98 Å². The normalized spacial score (nSPS) is 24.6. The summed E-state index contributed by atoms with van der Waals surface area (Å²) >= 11 is 1.57. The van der Waals surface area contributed by atoms with Crippen LogP contribution in [0.25, 0.3) is 0 Å². The Hall–Kier alpha value is -1.72. The Bertz CT molecular complexity index is 630. The van der Waals surface area contributed by atoms with E-state index in [2.05, 4.69) is 31.0 Å². The second-order valence-corrected chi connectivity index (χ2v) is 6.75. The summed E-state index contributed by atoms with van der Waals surface area (Å²) in [6, 6.07) is 10.3. The Morgan fingerprint density at radius 2 is 2.13 bits per heavy atom. The standard InChI is InChI=1S/C18H22N2O2S/c1-13-10-22-18(15-6-4-3-5-7-15)14(2)20(13)17(21)9-8-16-11-23-12-19-16/h3-7,11-14,18H,8-10H2,1-2H3/t13-,14-,18-/m1/s1. The summed E-state index contributed by atoms with van der Waals surface area (Å²) in [4.78, 5) is 19.0. The van der Waals surface area contributed by atoms with Crippen LogP contribution in [0.2, 0.25) is 0 Å². The molecule has 3 rings (SSSR count). The number of hydrogen-bond acceptors (Lipinski definition) is 4. The number of amides is 1. The summed E-state index contributed by atoms with van der Waals surface area (Å²) in [5, 5.41) is 2.01. The summed E-state index contributed by atoms with van der Waals surface area (Å²) in [6.45, 7) is 4.71. The molecule has 1 aromatic carbocycles. The second-order valence-electron chi connectivity index (χ2n) is 6.04. The Kier molecular flexibility index (Phi) is 5.08. The van der Waals surface area contributed by atoms with E-state index in [1.807, 2.05) is 34.0 Å². The highest BCUT2D eigenvalue weighted by Crippen LogP contribution is 2.31. The van der Waals surface area contributed by atoms with Crippen LogP contribution >= 0.6 is 11.3 Å². The van der Waals surface area contributed by atoms with Gasteiger partial charge in [0.15, 0.2) is 0 Å². The Morgan fingerprint density at radius 1 is 1.35 bits per heavy atom. The van der Waals surface area contributed by atoms with Crippen LogP contribution in [0.1, 0.15) is 37.6 Å². The summed E-state index contributed by atoms with van der Waals surface area (Å²) in [5.74, 6) is 0.183. The van der Waals surface area contributed by atoms with Gasteiger partial charge in [-0.15, -0.1) is 11.3 Å². The molecule has 0 aliphatic carbocycles. The maximum atomic E-state index is 12.7. The van der Waals surface area contributed by atoms with Gasteiger partial charge in [-0.2, -0.15) is 0 Å². The molecule has 122 valence electrons. The maximum Gasteiger partial charge on any atom is 0.223 e. The monoisotopic (exact) mass is 330 g/mol. The molecule has 0 spiro atoms. The second kappa shape index (κ2) is 7.23. The molecule has 1 aromatic heterocycles. The largest absolute Gasteiger partial charge is 0.369 e. The number of nitrogens with zero attached hydrogens (tertiary/aromatic N) is 2. The van der Waals surface area contributed by atoms with E-state index in [0.29, 0.717) is 19.4 Å². The molecule has 1 saturated heterocycles. The zero-order chi connectivity index (χ0) is 16.2. The van der Waals surface area contributed by atoms with Gasteiger partial charge in [-0.1, -0.05) is 30.3 Å². The molecule has 2 heterocycles. The SMILES string of the molecule is C[C@@H]1CO[C@@H](c2ccccc2)[C@@H](C)N1C(=O)CCc1cscn1. The first-order valence-electron chi connectivity index (χ1n) is 8.01. The maximum absolute atomic E-state index is 12.7. The van der Waals surface area contributed by atoms with Crippen molar-refractivity contribution < 1.29 is 9.53 Å². The molecule has 0 saturated carbocycles. The van der Waals surface area contributed by atoms with Gasteiger partial charge in [0.1, 0.15) is 6.10 Å². The lowest BCUT2D eigenvalue weighted by molar-refractivity contribution is -0.153. The van der Waals surface area contributed by atoms with Crippen molar-refractivity contribution in [1.82, 2.24) is 9.88 Å². The van der Waals surface area contributed by atoms with E-state index in [4.69, 9.17) is 4.74 Å². The van der Waals surface area contributed by atoms with Crippen LogP contribution in [0.4, 0.5) is 0 Å². The Labute approximate surface area is 141 Å². The molecule has 1 amide bonds. The third kappa shape index (κ3) is 3.62. The van der Waals surface area contributed by atoms with E-state index in [1.54, 1.807) is 11.3 Å². The smallest absolute Gasteiger partial charge is 0.223 e. The molecule has 0 radical (unpaired) electrons. The van der Waals surface area contributed by atoms with Gasteiger partial charge in [0.2, 0.25) is 5.91 Å². The van der Waals surface area contributed by atoms with Crippen LogP contribution in [0, 0.1) is 0 Å². The average Bonchev–Trinajstić information content (AvgIpc) is 3.07. The van der Waals surface area contributed by atoms with Crippen LogP contribution in [0.3, 0.4) is 0 Å². The first-order chi connectivity index (χ1) is 11.2. The Balaban J connectivity index is 1.70. The van der Waals surface area contributed by atoms with E-state index in [9.17, 15) is 4.79 Å². The van der Waals surface area contributed by atoms with Crippen molar-refractivity contribution in [2.24, 2.45) is 0 Å². The number of ether oxygens (including phenoxy) is 1. The molecule has 2 aromatic rings. The van der Waals surface area contributed by atoms with Crippen molar-refractivity contribution in [3.05, 3.63) is 52.5 Å². The fourth-order valence-electron chi connectivity index (χ4n) is 3.23. The van der Waals surface area contributed by atoms with Crippen molar-refractivity contribution >= 4 is 17.2 Å². The number of benzene rings is 1. The molecule has 0 bridgehead atoms. The molecule has 1 fully saturated rings. The van der Waals surface area contributed by atoms with Crippen LogP contribution in [-0.2, 0) is 16.0 Å². The zero-order valence-electron chi connectivity index (χ0n) is 13.5. The van der Waals surface area contributed by atoms with E-state index < -0.39 is 0 Å². The van der Waals surface area contributed by atoms with E-state index in [-0.39, 0.29) is 24.1 Å². The van der Waals surface area contributed by atoms with Crippen molar-refractivity contribution in [2.75, 3.05) is 6.61 Å². The predicted molar refractivity (Wildman–Crippen MR) is 91.3 cm³/mol. The number of aryl methyl sites for hydroxylation is 1. The molecule has 0 N–H and O–H groups in total. The molecule has 4 nitrogen and oxygen atoms in total. The van der Waals surface area contributed by atoms with Gasteiger partial charge in [0, 0.05) is 11.8 Å². The summed E-state index contributed by atoms with van der Waals surface area (Å²) in [7, 11) is 0. The van der Waals surface area contributed by atoms with Gasteiger partial charge in [0.25, 0.3) is 0 Å². The first-order valence-corrected chi connectivity index (χ1v) is 8.96. The van der Waals surface area contributed by atoms with E-state index in [0.717, 1.165) is 11.3 Å². The van der Waals surface area contributed by atoms with Crippen LogP contribution < -0.4 is 0 Å². The molecule has 3 atom stereocenters. The van der Waals surface area contributed by atoms with E-state index in [1.165, 1.54) is 0 Å². The highest BCUT2D eigenvalue weighted by molar-refractivity contribution is 7.07. The summed E-state index contributed by atoms with van der Waals surface area (Å²) in [5.41, 5.74) is 3.94. The van der Waals surface area contributed by atoms with Gasteiger partial charge in [-0.05, 0) is 25.8 Å². The van der Waals surface area contributed by atoms with Gasteiger partial charge in [0.05, 0.1) is 29.9 Å². The van der Waals surface area contributed by atoms with Crippen LogP contribution in [0.15, 0.2) is 41.2 Å². The number of rotatable bonds is 4. The topological polar surface area (TPSA) is 42.4 Å². The minimum absolute atomic E-state index is 0.0316. The molecule has 1 aliphatic heterocycles. The molecule has 0 unspecified atom stereocenters. The fourth-order valence-corrected chi connectivity index (χ4v) is 3.82. The molecule has 5 heteroatoms. The summed E-state index contributed by atoms with van der Waals surface area (Å²) < 4.78 is 6.01. The third-order valence-electron chi connectivity index (χ3n) is 4.36. The average molecular weight is 330 g/mol. The molecule has 23 heavy (non-hydrogen) atoms. The minimum Gasteiger partial charge on any atom is -0.369 e. The number of carbonyl (C=O) groups excluding carboxylic acids is 1. The first kappa shape index (κ1) is 16.1. The lowest BCUT2D eigenvalue weighted by Crippen LogP contribution is -2.53. The lowest BCUT2D eigenvalue weighted by Gasteiger charge is -2.44. The van der Waals surface area contributed by atoms with Crippen molar-refractivity contribution in [1.29, 1.82) is 0 Å². The highest BCUT2D eigenvalue weighted by Gasteiger charge is 2.36. The molecular formula is C18H22N2O2S. The van der Waals surface area contributed by atoms with Crippen molar-refractivity contribution in [3.63, 3.8) is 0 Å². The molecular weight excluding hydrogens is 308 g/mol. The van der Waals surface area contributed by atoms with E-state index >= 15 is 0 Å². The fraction of sp³-hybridized carbons (Fsp3) is 0.444. The van der Waals surface area contributed by atoms with Crippen molar-refractivity contribution in [3.8, 4) is 0 Å². The molecule has 1 aliphatic rings. The minimum atomic E-state index is -0.0596. The zero-order valence-corrected chi connectivity index (χ0v) is 14.3. The number of morpholine rings is 1. The number of carbonyl (C=O) groups is 1. The highest BCUT2D eigenvalue weighted by atomic mass is 32.1.